The third-order valence-corrected chi connectivity index (χ3v) is 3.54. The van der Waals surface area contributed by atoms with Crippen molar-refractivity contribution < 1.29 is 18.1 Å². The molecule has 0 unspecified atom stereocenters. The maximum absolute atomic E-state index is 13.4. The summed E-state index contributed by atoms with van der Waals surface area (Å²) in [5, 5.41) is 14.0. The SMILES string of the molecule is O=[N+]([O-])c1ccc(Cl)cc1[C@@H](N1CCNCC1)C(F)(F)F. The summed E-state index contributed by atoms with van der Waals surface area (Å²) in [7, 11) is 0. The zero-order valence-electron chi connectivity index (χ0n) is 10.9. The van der Waals surface area contributed by atoms with E-state index in [2.05, 4.69) is 5.32 Å². The fraction of sp³-hybridized carbons (Fsp3) is 0.500. The summed E-state index contributed by atoms with van der Waals surface area (Å²) in [6.07, 6.45) is -4.62. The average molecular weight is 324 g/mol. The molecule has 1 fully saturated rings. The number of halogens is 4. The van der Waals surface area contributed by atoms with Gasteiger partial charge in [0.05, 0.1) is 10.5 Å². The fourth-order valence-corrected chi connectivity index (χ4v) is 2.61. The number of benzene rings is 1. The minimum absolute atomic E-state index is 0.0417. The molecule has 1 saturated heterocycles. The molecule has 21 heavy (non-hydrogen) atoms. The standard InChI is InChI=1S/C12H13ClF3N3O2/c13-8-1-2-10(19(20)21)9(7-8)11(12(14,15)16)18-5-3-17-4-6-18/h1-2,7,11,17H,3-6H2/t11-/m1/s1. The predicted octanol–water partition coefficient (Wildman–Crippen LogP) is 2.76. The van der Waals surface area contributed by atoms with Gasteiger partial charge in [-0.05, 0) is 12.1 Å². The molecular weight excluding hydrogens is 311 g/mol. The van der Waals surface area contributed by atoms with Gasteiger partial charge in [-0.15, -0.1) is 0 Å². The first-order chi connectivity index (χ1) is 9.80. The highest BCUT2D eigenvalue weighted by Crippen LogP contribution is 2.42. The zero-order valence-corrected chi connectivity index (χ0v) is 11.6. The fourth-order valence-electron chi connectivity index (χ4n) is 2.43. The largest absolute Gasteiger partial charge is 0.408 e. The number of nitrogens with zero attached hydrogens (tertiary/aromatic N) is 2. The highest BCUT2D eigenvalue weighted by Gasteiger charge is 2.47. The molecule has 0 bridgehead atoms. The molecule has 0 aliphatic carbocycles. The van der Waals surface area contributed by atoms with Crippen molar-refractivity contribution >= 4 is 17.3 Å². The van der Waals surface area contributed by atoms with Crippen LogP contribution in [0.4, 0.5) is 18.9 Å². The van der Waals surface area contributed by atoms with Crippen LogP contribution in [0.5, 0.6) is 0 Å². The smallest absolute Gasteiger partial charge is 0.314 e. The van der Waals surface area contributed by atoms with E-state index in [1.807, 2.05) is 0 Å². The molecule has 0 amide bonds. The molecule has 0 aromatic heterocycles. The Labute approximate surface area is 123 Å². The van der Waals surface area contributed by atoms with Crippen molar-refractivity contribution in [3.8, 4) is 0 Å². The predicted molar refractivity (Wildman–Crippen MR) is 71.3 cm³/mol. The van der Waals surface area contributed by atoms with E-state index in [1.165, 1.54) is 11.0 Å². The van der Waals surface area contributed by atoms with Crippen LogP contribution < -0.4 is 5.32 Å². The summed E-state index contributed by atoms with van der Waals surface area (Å²) < 4.78 is 40.3. The van der Waals surface area contributed by atoms with Crippen LogP contribution in [-0.2, 0) is 0 Å². The van der Waals surface area contributed by atoms with Crippen molar-refractivity contribution in [3.63, 3.8) is 0 Å². The third kappa shape index (κ3) is 3.63. The molecule has 116 valence electrons. The van der Waals surface area contributed by atoms with Crippen LogP contribution in [0, 0.1) is 10.1 Å². The Bertz CT molecular complexity index is 533. The van der Waals surface area contributed by atoms with Gasteiger partial charge in [0, 0.05) is 37.3 Å². The Balaban J connectivity index is 2.50. The lowest BCUT2D eigenvalue weighted by atomic mass is 10.0. The number of hydrogen-bond donors (Lipinski definition) is 1. The normalized spacial score (nSPS) is 18.5. The number of nitro benzene ring substituents is 1. The molecule has 1 aromatic carbocycles. The molecule has 1 heterocycles. The van der Waals surface area contributed by atoms with E-state index >= 15 is 0 Å². The van der Waals surface area contributed by atoms with Crippen LogP contribution in [0.1, 0.15) is 11.6 Å². The van der Waals surface area contributed by atoms with E-state index in [4.69, 9.17) is 11.6 Å². The van der Waals surface area contributed by atoms with E-state index < -0.39 is 28.4 Å². The Morgan fingerprint density at radius 2 is 1.95 bits per heavy atom. The lowest BCUT2D eigenvalue weighted by molar-refractivity contribution is -0.386. The van der Waals surface area contributed by atoms with Crippen molar-refractivity contribution in [3.05, 3.63) is 38.9 Å². The van der Waals surface area contributed by atoms with Gasteiger partial charge in [0.1, 0.15) is 6.04 Å². The van der Waals surface area contributed by atoms with E-state index in [9.17, 15) is 23.3 Å². The summed E-state index contributed by atoms with van der Waals surface area (Å²) in [6, 6.07) is 1.23. The maximum Gasteiger partial charge on any atom is 0.408 e. The highest BCUT2D eigenvalue weighted by atomic mass is 35.5. The summed E-state index contributed by atoms with van der Waals surface area (Å²) in [4.78, 5) is 11.4. The van der Waals surface area contributed by atoms with Crippen LogP contribution in [-0.4, -0.2) is 42.2 Å². The number of piperazine rings is 1. The second-order valence-electron chi connectivity index (χ2n) is 4.69. The molecule has 1 atom stereocenters. The molecule has 0 saturated carbocycles. The van der Waals surface area contributed by atoms with Gasteiger partial charge >= 0.3 is 6.18 Å². The molecule has 1 aliphatic heterocycles. The van der Waals surface area contributed by atoms with Gasteiger partial charge < -0.3 is 5.32 Å². The highest BCUT2D eigenvalue weighted by molar-refractivity contribution is 6.30. The van der Waals surface area contributed by atoms with Gasteiger partial charge in [0.15, 0.2) is 0 Å². The van der Waals surface area contributed by atoms with Gasteiger partial charge in [0.2, 0.25) is 0 Å². The van der Waals surface area contributed by atoms with Gasteiger partial charge in [-0.25, -0.2) is 0 Å². The molecule has 9 heteroatoms. The first-order valence-electron chi connectivity index (χ1n) is 6.26. The lowest BCUT2D eigenvalue weighted by Gasteiger charge is -2.35. The first kappa shape index (κ1) is 16.0. The molecule has 0 radical (unpaired) electrons. The number of rotatable bonds is 3. The number of alkyl halides is 3. The van der Waals surface area contributed by atoms with Crippen LogP contribution >= 0.6 is 11.6 Å². The Kier molecular flexibility index (Phi) is 4.70. The topological polar surface area (TPSA) is 58.4 Å². The Morgan fingerprint density at radius 1 is 1.33 bits per heavy atom. The minimum Gasteiger partial charge on any atom is -0.314 e. The van der Waals surface area contributed by atoms with Crippen molar-refractivity contribution in [2.75, 3.05) is 26.2 Å². The number of nitro groups is 1. The van der Waals surface area contributed by atoms with E-state index in [0.717, 1.165) is 12.1 Å². The number of nitrogens with one attached hydrogen (secondary N) is 1. The Morgan fingerprint density at radius 3 is 2.48 bits per heavy atom. The van der Waals surface area contributed by atoms with Gasteiger partial charge in [-0.3, -0.25) is 15.0 Å². The summed E-state index contributed by atoms with van der Waals surface area (Å²) >= 11 is 5.73. The molecule has 1 aromatic rings. The molecule has 5 nitrogen and oxygen atoms in total. The molecule has 1 N–H and O–H groups in total. The molecule has 2 rings (SSSR count). The van der Waals surface area contributed by atoms with Crippen molar-refractivity contribution in [1.29, 1.82) is 0 Å². The van der Waals surface area contributed by atoms with Crippen molar-refractivity contribution in [1.82, 2.24) is 10.2 Å². The van der Waals surface area contributed by atoms with Crippen LogP contribution in [0.2, 0.25) is 5.02 Å². The van der Waals surface area contributed by atoms with Gasteiger partial charge in [-0.1, -0.05) is 11.6 Å². The first-order valence-corrected chi connectivity index (χ1v) is 6.64. The molecule has 1 aliphatic rings. The number of hydrogen-bond acceptors (Lipinski definition) is 4. The van der Waals surface area contributed by atoms with Gasteiger partial charge in [-0.2, -0.15) is 13.2 Å². The van der Waals surface area contributed by atoms with E-state index in [0.29, 0.717) is 13.1 Å². The van der Waals surface area contributed by atoms with Crippen LogP contribution in [0.25, 0.3) is 0 Å². The van der Waals surface area contributed by atoms with Gasteiger partial charge in [0.25, 0.3) is 5.69 Å². The summed E-state index contributed by atoms with van der Waals surface area (Å²) in [6.45, 7) is 1.13. The summed E-state index contributed by atoms with van der Waals surface area (Å²) in [5.41, 5.74) is -0.984. The second-order valence-corrected chi connectivity index (χ2v) is 5.13. The monoisotopic (exact) mass is 323 g/mol. The third-order valence-electron chi connectivity index (χ3n) is 3.31. The maximum atomic E-state index is 13.4. The van der Waals surface area contributed by atoms with Crippen molar-refractivity contribution in [2.45, 2.75) is 12.2 Å². The van der Waals surface area contributed by atoms with E-state index in [1.54, 1.807) is 0 Å². The zero-order chi connectivity index (χ0) is 15.6. The lowest BCUT2D eigenvalue weighted by Crippen LogP contribution is -2.49. The van der Waals surface area contributed by atoms with Crippen LogP contribution in [0.15, 0.2) is 18.2 Å². The second kappa shape index (κ2) is 6.17. The van der Waals surface area contributed by atoms with Crippen LogP contribution in [0.3, 0.4) is 0 Å². The van der Waals surface area contributed by atoms with E-state index in [-0.39, 0.29) is 18.1 Å². The minimum atomic E-state index is -4.62. The summed E-state index contributed by atoms with van der Waals surface area (Å²) in [5.74, 6) is 0. The average Bonchev–Trinajstić information content (AvgIpc) is 2.38. The molecule has 0 spiro atoms. The molecular formula is C12H13ClF3N3O2. The quantitative estimate of drug-likeness (QED) is 0.686. The van der Waals surface area contributed by atoms with Crippen molar-refractivity contribution in [2.24, 2.45) is 0 Å². The Hall–Kier alpha value is -1.38.